The molecule has 5 nitrogen and oxygen atoms in total. The predicted octanol–water partition coefficient (Wildman–Crippen LogP) is 1.25. The van der Waals surface area contributed by atoms with Gasteiger partial charge in [0.15, 0.2) is 5.96 Å². The zero-order valence-electron chi connectivity index (χ0n) is 12.0. The predicted molar refractivity (Wildman–Crippen MR) is 75.0 cm³/mol. The molecule has 2 fully saturated rings. The second-order valence-electron chi connectivity index (χ2n) is 5.42. The molecule has 0 aromatic carbocycles. The van der Waals surface area contributed by atoms with Gasteiger partial charge in [-0.25, -0.2) is 0 Å². The van der Waals surface area contributed by atoms with Gasteiger partial charge >= 0.3 is 5.97 Å². The fraction of sp³-hybridized carbons (Fsp3) is 0.857. The highest BCUT2D eigenvalue weighted by Gasteiger charge is 2.27. The smallest absolute Gasteiger partial charge is 0.308 e. The van der Waals surface area contributed by atoms with Crippen LogP contribution in [0.1, 0.15) is 32.6 Å². The van der Waals surface area contributed by atoms with E-state index in [1.807, 2.05) is 0 Å². The molecule has 5 heteroatoms. The number of nitrogens with zero attached hydrogens (tertiary/aromatic N) is 2. The number of carbonyl (C=O) groups excluding carboxylic acids is 1. The highest BCUT2D eigenvalue weighted by Crippen LogP contribution is 2.29. The topological polar surface area (TPSA) is 53.9 Å². The minimum absolute atomic E-state index is 0.0626. The molecule has 0 radical (unpaired) electrons. The first-order valence-electron chi connectivity index (χ1n) is 7.35. The minimum Gasteiger partial charge on any atom is -0.469 e. The molecule has 2 aliphatic rings. The zero-order valence-corrected chi connectivity index (χ0v) is 12.0. The van der Waals surface area contributed by atoms with E-state index in [4.69, 9.17) is 9.73 Å². The Morgan fingerprint density at radius 2 is 2.00 bits per heavy atom. The SMILES string of the molecule is CCNC(=NCC1CC1)N1CCC(C(=O)OC)CC1. The van der Waals surface area contributed by atoms with Gasteiger partial charge < -0.3 is 15.0 Å². The average Bonchev–Trinajstić information content (AvgIpc) is 3.27. The first-order chi connectivity index (χ1) is 9.24. The molecule has 0 bridgehead atoms. The summed E-state index contributed by atoms with van der Waals surface area (Å²) in [6.07, 6.45) is 4.38. The summed E-state index contributed by atoms with van der Waals surface area (Å²) in [4.78, 5) is 18.5. The highest BCUT2D eigenvalue weighted by atomic mass is 16.5. The molecule has 108 valence electrons. The normalized spacial score (nSPS) is 21.4. The molecule has 1 heterocycles. The van der Waals surface area contributed by atoms with Gasteiger partial charge in [-0.2, -0.15) is 0 Å². The largest absolute Gasteiger partial charge is 0.469 e. The molecule has 2 rings (SSSR count). The van der Waals surface area contributed by atoms with Crippen LogP contribution in [0.5, 0.6) is 0 Å². The third-order valence-corrected chi connectivity index (χ3v) is 3.86. The lowest BCUT2D eigenvalue weighted by molar-refractivity contribution is -0.146. The Balaban J connectivity index is 1.85. The van der Waals surface area contributed by atoms with Gasteiger partial charge in [0.25, 0.3) is 0 Å². The van der Waals surface area contributed by atoms with Crippen molar-refractivity contribution in [2.24, 2.45) is 16.8 Å². The number of aliphatic imine (C=N–C) groups is 1. The number of ether oxygens (including phenoxy) is 1. The highest BCUT2D eigenvalue weighted by molar-refractivity contribution is 5.80. The van der Waals surface area contributed by atoms with Crippen LogP contribution in [0.25, 0.3) is 0 Å². The number of hydrogen-bond acceptors (Lipinski definition) is 3. The zero-order chi connectivity index (χ0) is 13.7. The van der Waals surface area contributed by atoms with Gasteiger partial charge in [0.2, 0.25) is 0 Å². The number of guanidine groups is 1. The van der Waals surface area contributed by atoms with Crippen LogP contribution in [0.15, 0.2) is 4.99 Å². The van der Waals surface area contributed by atoms with Crippen LogP contribution < -0.4 is 5.32 Å². The van der Waals surface area contributed by atoms with Crippen molar-refractivity contribution in [1.82, 2.24) is 10.2 Å². The van der Waals surface area contributed by atoms with Gasteiger partial charge in [0.05, 0.1) is 13.0 Å². The second-order valence-corrected chi connectivity index (χ2v) is 5.42. The summed E-state index contributed by atoms with van der Waals surface area (Å²) < 4.78 is 4.82. The molecule has 0 aromatic heterocycles. The minimum atomic E-state index is -0.0698. The van der Waals surface area contributed by atoms with E-state index in [0.29, 0.717) is 0 Å². The lowest BCUT2D eigenvalue weighted by Gasteiger charge is -2.33. The van der Waals surface area contributed by atoms with E-state index in [1.54, 1.807) is 0 Å². The number of esters is 1. The Kier molecular flexibility index (Phi) is 5.05. The molecule has 1 N–H and O–H groups in total. The van der Waals surface area contributed by atoms with E-state index < -0.39 is 0 Å². The van der Waals surface area contributed by atoms with Crippen LogP contribution in [0.2, 0.25) is 0 Å². The van der Waals surface area contributed by atoms with Crippen LogP contribution in [0.3, 0.4) is 0 Å². The van der Waals surface area contributed by atoms with Crippen molar-refractivity contribution in [3.63, 3.8) is 0 Å². The van der Waals surface area contributed by atoms with Crippen LogP contribution in [-0.2, 0) is 9.53 Å². The van der Waals surface area contributed by atoms with E-state index in [2.05, 4.69) is 17.1 Å². The number of likely N-dealkylation sites (tertiary alicyclic amines) is 1. The maximum atomic E-state index is 11.5. The Labute approximate surface area is 115 Å². The third-order valence-electron chi connectivity index (χ3n) is 3.86. The first-order valence-corrected chi connectivity index (χ1v) is 7.35. The molecule has 19 heavy (non-hydrogen) atoms. The van der Waals surface area contributed by atoms with Gasteiger partial charge in [0.1, 0.15) is 0 Å². The summed E-state index contributed by atoms with van der Waals surface area (Å²) in [6.45, 7) is 5.69. The van der Waals surface area contributed by atoms with Crippen LogP contribution >= 0.6 is 0 Å². The number of rotatable bonds is 4. The summed E-state index contributed by atoms with van der Waals surface area (Å²) in [5, 5.41) is 3.35. The summed E-state index contributed by atoms with van der Waals surface area (Å²) in [5.41, 5.74) is 0. The number of hydrogen-bond donors (Lipinski definition) is 1. The summed E-state index contributed by atoms with van der Waals surface area (Å²) >= 11 is 0. The van der Waals surface area contributed by atoms with Gasteiger partial charge in [0, 0.05) is 26.2 Å². The Morgan fingerprint density at radius 1 is 1.32 bits per heavy atom. The number of carbonyl (C=O) groups is 1. The molecule has 1 saturated carbocycles. The number of piperidine rings is 1. The van der Waals surface area contributed by atoms with Crippen molar-refractivity contribution >= 4 is 11.9 Å². The molecule has 0 spiro atoms. The van der Waals surface area contributed by atoms with Crippen molar-refractivity contribution in [2.45, 2.75) is 32.6 Å². The maximum absolute atomic E-state index is 11.5. The van der Waals surface area contributed by atoms with Crippen molar-refractivity contribution < 1.29 is 9.53 Å². The van der Waals surface area contributed by atoms with Gasteiger partial charge in [-0.3, -0.25) is 9.79 Å². The molecular weight excluding hydrogens is 242 g/mol. The van der Waals surface area contributed by atoms with E-state index in [0.717, 1.165) is 50.9 Å². The van der Waals surface area contributed by atoms with Crippen LogP contribution in [0, 0.1) is 11.8 Å². The van der Waals surface area contributed by atoms with E-state index >= 15 is 0 Å². The lowest BCUT2D eigenvalue weighted by Crippen LogP contribution is -2.46. The van der Waals surface area contributed by atoms with Crippen molar-refractivity contribution in [3.05, 3.63) is 0 Å². The van der Waals surface area contributed by atoms with E-state index in [9.17, 15) is 4.79 Å². The Hall–Kier alpha value is -1.26. The van der Waals surface area contributed by atoms with Gasteiger partial charge in [-0.05, 0) is 38.5 Å². The maximum Gasteiger partial charge on any atom is 0.308 e. The molecule has 0 amide bonds. The number of nitrogens with one attached hydrogen (secondary N) is 1. The monoisotopic (exact) mass is 267 g/mol. The van der Waals surface area contributed by atoms with Crippen LogP contribution in [0.4, 0.5) is 0 Å². The Bertz CT molecular complexity index is 332. The second kappa shape index (κ2) is 6.78. The molecular formula is C14H25N3O2. The molecule has 0 atom stereocenters. The Morgan fingerprint density at radius 3 is 2.53 bits per heavy atom. The lowest BCUT2D eigenvalue weighted by atomic mass is 9.97. The van der Waals surface area contributed by atoms with Crippen molar-refractivity contribution in [3.8, 4) is 0 Å². The fourth-order valence-electron chi connectivity index (χ4n) is 2.44. The van der Waals surface area contributed by atoms with Crippen molar-refractivity contribution in [2.75, 3.05) is 33.3 Å². The molecule has 1 aliphatic carbocycles. The summed E-state index contributed by atoms with van der Waals surface area (Å²) in [6, 6.07) is 0. The fourth-order valence-corrected chi connectivity index (χ4v) is 2.44. The quantitative estimate of drug-likeness (QED) is 0.473. The van der Waals surface area contributed by atoms with Gasteiger partial charge in [-0.1, -0.05) is 0 Å². The van der Waals surface area contributed by atoms with Gasteiger partial charge in [-0.15, -0.1) is 0 Å². The standard InChI is InChI=1S/C14H25N3O2/c1-3-15-14(16-10-11-4-5-11)17-8-6-12(7-9-17)13(18)19-2/h11-12H,3-10H2,1-2H3,(H,15,16). The van der Waals surface area contributed by atoms with Crippen molar-refractivity contribution in [1.29, 1.82) is 0 Å². The first kappa shape index (κ1) is 14.2. The van der Waals surface area contributed by atoms with E-state index in [-0.39, 0.29) is 11.9 Å². The molecule has 1 saturated heterocycles. The number of methoxy groups -OCH3 is 1. The molecule has 1 aliphatic heterocycles. The summed E-state index contributed by atoms with van der Waals surface area (Å²) in [5.74, 6) is 1.81. The van der Waals surface area contributed by atoms with Crippen LogP contribution in [-0.4, -0.2) is 50.1 Å². The average molecular weight is 267 g/mol. The summed E-state index contributed by atoms with van der Waals surface area (Å²) in [7, 11) is 1.47. The molecule has 0 aromatic rings. The van der Waals surface area contributed by atoms with E-state index in [1.165, 1.54) is 20.0 Å². The third kappa shape index (κ3) is 4.11. The molecule has 0 unspecified atom stereocenters.